The van der Waals surface area contributed by atoms with Gasteiger partial charge in [0.15, 0.2) is 0 Å². The Labute approximate surface area is 125 Å². The second kappa shape index (κ2) is 6.31. The van der Waals surface area contributed by atoms with E-state index in [1.54, 1.807) is 6.20 Å². The Hall–Kier alpha value is -1.81. The fraction of sp³-hybridized carbons (Fsp3) is 0.471. The molecule has 0 saturated heterocycles. The summed E-state index contributed by atoms with van der Waals surface area (Å²) in [4.78, 5) is 0. The van der Waals surface area contributed by atoms with E-state index in [-0.39, 0.29) is 0 Å². The zero-order valence-electron chi connectivity index (χ0n) is 12.5. The van der Waals surface area contributed by atoms with Gasteiger partial charge in [-0.05, 0) is 36.5 Å². The summed E-state index contributed by atoms with van der Waals surface area (Å²) in [5.74, 6) is 1.01. The van der Waals surface area contributed by atoms with Crippen molar-refractivity contribution in [3.8, 4) is 5.75 Å². The Morgan fingerprint density at radius 2 is 2.33 bits per heavy atom. The van der Waals surface area contributed by atoms with Crippen LogP contribution >= 0.6 is 0 Å². The SMILES string of the molecule is CCCn1cc(C(O)CCc2ccc3c(c2)CCO3)cn1. The van der Waals surface area contributed by atoms with Crippen molar-refractivity contribution < 1.29 is 9.84 Å². The van der Waals surface area contributed by atoms with Gasteiger partial charge in [-0.1, -0.05) is 19.1 Å². The molecule has 1 unspecified atom stereocenters. The summed E-state index contributed by atoms with van der Waals surface area (Å²) in [6.45, 7) is 3.81. The van der Waals surface area contributed by atoms with E-state index in [0.29, 0.717) is 0 Å². The molecule has 2 aromatic rings. The largest absolute Gasteiger partial charge is 0.493 e. The molecule has 1 aromatic heterocycles. The second-order valence-corrected chi connectivity index (χ2v) is 5.63. The summed E-state index contributed by atoms with van der Waals surface area (Å²) in [7, 11) is 0. The van der Waals surface area contributed by atoms with Gasteiger partial charge >= 0.3 is 0 Å². The maximum Gasteiger partial charge on any atom is 0.122 e. The third kappa shape index (κ3) is 3.27. The summed E-state index contributed by atoms with van der Waals surface area (Å²) in [6, 6.07) is 6.34. The molecule has 4 nitrogen and oxygen atoms in total. The van der Waals surface area contributed by atoms with Crippen LogP contribution in [0.4, 0.5) is 0 Å². The lowest BCUT2D eigenvalue weighted by Crippen LogP contribution is -2.00. The molecule has 1 aliphatic heterocycles. The molecule has 1 aromatic carbocycles. The van der Waals surface area contributed by atoms with Crippen LogP contribution in [0.3, 0.4) is 0 Å². The van der Waals surface area contributed by atoms with Crippen LogP contribution in [0.2, 0.25) is 0 Å². The molecule has 3 rings (SSSR count). The first-order valence-corrected chi connectivity index (χ1v) is 7.71. The Morgan fingerprint density at radius 1 is 1.43 bits per heavy atom. The fourth-order valence-electron chi connectivity index (χ4n) is 2.77. The highest BCUT2D eigenvalue weighted by atomic mass is 16.5. The molecule has 1 aliphatic rings. The monoisotopic (exact) mass is 286 g/mol. The van der Waals surface area contributed by atoms with Crippen molar-refractivity contribution in [3.63, 3.8) is 0 Å². The van der Waals surface area contributed by atoms with Crippen molar-refractivity contribution >= 4 is 0 Å². The summed E-state index contributed by atoms with van der Waals surface area (Å²) < 4.78 is 7.41. The standard InChI is InChI=1S/C17H22N2O2/c1-2-8-19-12-15(11-18-19)16(20)5-3-13-4-6-17-14(10-13)7-9-21-17/h4,6,10-12,16,20H,2-3,5,7-9H2,1H3. The van der Waals surface area contributed by atoms with Crippen LogP contribution in [0, 0.1) is 0 Å². The van der Waals surface area contributed by atoms with E-state index >= 15 is 0 Å². The van der Waals surface area contributed by atoms with Gasteiger partial charge in [0.1, 0.15) is 5.75 Å². The van der Waals surface area contributed by atoms with Crippen LogP contribution in [-0.4, -0.2) is 21.5 Å². The fourth-order valence-corrected chi connectivity index (χ4v) is 2.77. The summed E-state index contributed by atoms with van der Waals surface area (Å²) in [5, 5.41) is 14.5. The predicted molar refractivity (Wildman–Crippen MR) is 81.4 cm³/mol. The molecule has 21 heavy (non-hydrogen) atoms. The molecule has 1 N–H and O–H groups in total. The first-order valence-electron chi connectivity index (χ1n) is 7.71. The number of aryl methyl sites for hydroxylation is 2. The number of aliphatic hydroxyl groups excluding tert-OH is 1. The molecular weight excluding hydrogens is 264 g/mol. The molecule has 0 aliphatic carbocycles. The molecular formula is C17H22N2O2. The predicted octanol–water partition coefficient (Wildman–Crippen LogP) is 2.89. The van der Waals surface area contributed by atoms with E-state index in [1.165, 1.54) is 11.1 Å². The Kier molecular flexibility index (Phi) is 4.25. The zero-order chi connectivity index (χ0) is 14.7. The molecule has 0 amide bonds. The van der Waals surface area contributed by atoms with Crippen LogP contribution in [0.5, 0.6) is 5.75 Å². The quantitative estimate of drug-likeness (QED) is 0.888. The van der Waals surface area contributed by atoms with Gasteiger partial charge in [-0.3, -0.25) is 4.68 Å². The number of aliphatic hydroxyl groups is 1. The van der Waals surface area contributed by atoms with Crippen molar-refractivity contribution in [1.29, 1.82) is 0 Å². The summed E-state index contributed by atoms with van der Waals surface area (Å²) in [6.07, 6.45) is 6.91. The molecule has 0 radical (unpaired) electrons. The number of ether oxygens (including phenoxy) is 1. The van der Waals surface area contributed by atoms with Gasteiger partial charge < -0.3 is 9.84 Å². The lowest BCUT2D eigenvalue weighted by Gasteiger charge is -2.09. The van der Waals surface area contributed by atoms with Crippen molar-refractivity contribution in [2.75, 3.05) is 6.61 Å². The number of hydrogen-bond acceptors (Lipinski definition) is 3. The molecule has 2 heterocycles. The highest BCUT2D eigenvalue weighted by Gasteiger charge is 2.14. The second-order valence-electron chi connectivity index (χ2n) is 5.63. The topological polar surface area (TPSA) is 47.3 Å². The lowest BCUT2D eigenvalue weighted by atomic mass is 10.0. The van der Waals surface area contributed by atoms with Crippen molar-refractivity contribution in [2.45, 2.75) is 45.3 Å². The van der Waals surface area contributed by atoms with Gasteiger partial charge in [-0.2, -0.15) is 5.10 Å². The Morgan fingerprint density at radius 3 is 3.19 bits per heavy atom. The molecule has 4 heteroatoms. The third-order valence-corrected chi connectivity index (χ3v) is 3.95. The molecule has 112 valence electrons. The van der Waals surface area contributed by atoms with Gasteiger partial charge in [0.05, 0.1) is 18.9 Å². The molecule has 0 fully saturated rings. The highest BCUT2D eigenvalue weighted by molar-refractivity contribution is 5.39. The van der Waals surface area contributed by atoms with Crippen molar-refractivity contribution in [3.05, 3.63) is 47.3 Å². The van der Waals surface area contributed by atoms with E-state index in [4.69, 9.17) is 4.74 Å². The van der Waals surface area contributed by atoms with Crippen LogP contribution in [0.25, 0.3) is 0 Å². The number of benzene rings is 1. The minimum Gasteiger partial charge on any atom is -0.493 e. The first kappa shape index (κ1) is 14.1. The van der Waals surface area contributed by atoms with Crippen LogP contribution in [-0.2, 0) is 19.4 Å². The number of fused-ring (bicyclic) bond motifs is 1. The van der Waals surface area contributed by atoms with E-state index in [1.807, 2.05) is 16.9 Å². The smallest absolute Gasteiger partial charge is 0.122 e. The molecule has 1 atom stereocenters. The number of rotatable bonds is 6. The summed E-state index contributed by atoms with van der Waals surface area (Å²) >= 11 is 0. The minimum absolute atomic E-state index is 0.444. The zero-order valence-corrected chi connectivity index (χ0v) is 12.5. The van der Waals surface area contributed by atoms with Gasteiger partial charge in [0.2, 0.25) is 0 Å². The van der Waals surface area contributed by atoms with Gasteiger partial charge in [0, 0.05) is 24.7 Å². The molecule has 0 spiro atoms. The van der Waals surface area contributed by atoms with Crippen LogP contribution < -0.4 is 4.74 Å². The maximum atomic E-state index is 10.3. The van der Waals surface area contributed by atoms with E-state index in [2.05, 4.69) is 24.2 Å². The maximum absolute atomic E-state index is 10.3. The average molecular weight is 286 g/mol. The number of hydrogen-bond donors (Lipinski definition) is 1. The van der Waals surface area contributed by atoms with Crippen LogP contribution in [0.15, 0.2) is 30.6 Å². The number of aromatic nitrogens is 2. The lowest BCUT2D eigenvalue weighted by molar-refractivity contribution is 0.167. The first-order chi connectivity index (χ1) is 10.3. The Balaban J connectivity index is 1.58. The van der Waals surface area contributed by atoms with Crippen molar-refractivity contribution in [1.82, 2.24) is 9.78 Å². The van der Waals surface area contributed by atoms with Crippen molar-refractivity contribution in [2.24, 2.45) is 0 Å². The van der Waals surface area contributed by atoms with E-state index < -0.39 is 6.10 Å². The van der Waals surface area contributed by atoms with Gasteiger partial charge in [0.25, 0.3) is 0 Å². The van der Waals surface area contributed by atoms with E-state index in [9.17, 15) is 5.11 Å². The van der Waals surface area contributed by atoms with Crippen LogP contribution in [0.1, 0.15) is 42.6 Å². The molecule has 0 saturated carbocycles. The Bertz CT molecular complexity index is 607. The van der Waals surface area contributed by atoms with Gasteiger partial charge in [-0.25, -0.2) is 0 Å². The van der Waals surface area contributed by atoms with E-state index in [0.717, 1.165) is 50.1 Å². The minimum atomic E-state index is -0.444. The average Bonchev–Trinajstić information content (AvgIpc) is 3.13. The highest BCUT2D eigenvalue weighted by Crippen LogP contribution is 2.27. The third-order valence-electron chi connectivity index (χ3n) is 3.95. The number of nitrogens with zero attached hydrogens (tertiary/aromatic N) is 2. The normalized spacial score (nSPS) is 14.8. The molecule has 0 bridgehead atoms. The summed E-state index contributed by atoms with van der Waals surface area (Å²) in [5.41, 5.74) is 3.46. The van der Waals surface area contributed by atoms with Gasteiger partial charge in [-0.15, -0.1) is 0 Å².